The summed E-state index contributed by atoms with van der Waals surface area (Å²) in [6, 6.07) is 3.54. The van der Waals surface area contributed by atoms with Crippen LogP contribution in [0.15, 0.2) is 30.1 Å². The lowest BCUT2D eigenvalue weighted by Gasteiger charge is -2.07. The molecule has 0 spiro atoms. The molecule has 16 heavy (non-hydrogen) atoms. The summed E-state index contributed by atoms with van der Waals surface area (Å²) in [5.41, 5.74) is 6.96. The fourth-order valence-corrected chi connectivity index (χ4v) is 1.13. The van der Waals surface area contributed by atoms with Gasteiger partial charge in [-0.15, -0.1) is 0 Å². The van der Waals surface area contributed by atoms with Gasteiger partial charge in [0, 0.05) is 18.0 Å². The number of anilines is 2. The van der Waals surface area contributed by atoms with Gasteiger partial charge in [0.2, 0.25) is 0 Å². The second kappa shape index (κ2) is 5.75. The van der Waals surface area contributed by atoms with Crippen molar-refractivity contribution in [1.82, 2.24) is 4.98 Å². The fraction of sp³-hybridized carbons (Fsp3) is 0.273. The predicted octanol–water partition coefficient (Wildman–Crippen LogP) is 1.54. The van der Waals surface area contributed by atoms with E-state index in [2.05, 4.69) is 10.3 Å². The molecule has 0 atom stereocenters. The van der Waals surface area contributed by atoms with Crippen molar-refractivity contribution in [3.63, 3.8) is 0 Å². The van der Waals surface area contributed by atoms with Gasteiger partial charge in [0.25, 0.3) is 0 Å². The van der Waals surface area contributed by atoms with Crippen LogP contribution in [-0.4, -0.2) is 17.6 Å². The molecule has 1 aromatic heterocycles. The van der Waals surface area contributed by atoms with Gasteiger partial charge in [0.05, 0.1) is 12.3 Å². The van der Waals surface area contributed by atoms with E-state index in [9.17, 15) is 4.79 Å². The Morgan fingerprint density at radius 1 is 1.69 bits per heavy atom. The molecule has 1 aromatic rings. The molecule has 5 nitrogen and oxygen atoms in total. The van der Waals surface area contributed by atoms with Crippen LogP contribution in [0, 0.1) is 0 Å². The second-order valence-electron chi connectivity index (χ2n) is 3.14. The second-order valence-corrected chi connectivity index (χ2v) is 3.14. The molecule has 0 aromatic carbocycles. The van der Waals surface area contributed by atoms with Crippen LogP contribution in [0.5, 0.6) is 0 Å². The topological polar surface area (TPSA) is 77.2 Å². The van der Waals surface area contributed by atoms with Gasteiger partial charge in [-0.3, -0.25) is 0 Å². The Morgan fingerprint density at radius 3 is 3.06 bits per heavy atom. The molecular weight excluding hydrogens is 206 g/mol. The van der Waals surface area contributed by atoms with Gasteiger partial charge >= 0.3 is 5.97 Å². The van der Waals surface area contributed by atoms with Crippen LogP contribution >= 0.6 is 0 Å². The third-order valence-corrected chi connectivity index (χ3v) is 1.79. The van der Waals surface area contributed by atoms with Crippen LogP contribution in [-0.2, 0) is 9.53 Å². The standard InChI is InChI=1S/C11H15N3O2/c1-3-16-10(15)7-8(2)14-9-5-4-6-13-11(9)12/h4-7,14H,3H2,1-2H3,(H2,12,13)/b8-7+. The largest absolute Gasteiger partial charge is 0.463 e. The Morgan fingerprint density at radius 2 is 2.44 bits per heavy atom. The Labute approximate surface area is 94.3 Å². The summed E-state index contributed by atoms with van der Waals surface area (Å²) in [6.45, 7) is 3.87. The highest BCUT2D eigenvalue weighted by Crippen LogP contribution is 2.15. The SMILES string of the molecule is CCOC(=O)/C=C(\C)Nc1cccnc1N. The van der Waals surface area contributed by atoms with E-state index in [0.717, 1.165) is 0 Å². The fourth-order valence-electron chi connectivity index (χ4n) is 1.13. The van der Waals surface area contributed by atoms with Crippen LogP contribution in [0.3, 0.4) is 0 Å². The number of rotatable bonds is 4. The van der Waals surface area contributed by atoms with Gasteiger partial charge in [0.1, 0.15) is 5.82 Å². The lowest BCUT2D eigenvalue weighted by atomic mass is 10.3. The molecule has 3 N–H and O–H groups in total. The first-order valence-electron chi connectivity index (χ1n) is 4.96. The number of ether oxygens (including phenoxy) is 1. The quantitative estimate of drug-likeness (QED) is 0.595. The van der Waals surface area contributed by atoms with Gasteiger partial charge in [-0.25, -0.2) is 9.78 Å². The summed E-state index contributed by atoms with van der Waals surface area (Å²) in [7, 11) is 0. The minimum atomic E-state index is -0.380. The average molecular weight is 221 g/mol. The third-order valence-electron chi connectivity index (χ3n) is 1.79. The highest BCUT2D eigenvalue weighted by Gasteiger charge is 2.01. The number of nitrogens with two attached hydrogens (primary N) is 1. The predicted molar refractivity (Wildman–Crippen MR) is 62.7 cm³/mol. The maximum atomic E-state index is 11.1. The highest BCUT2D eigenvalue weighted by molar-refractivity contribution is 5.83. The van der Waals surface area contributed by atoms with E-state index >= 15 is 0 Å². The Bertz CT molecular complexity index is 402. The zero-order chi connectivity index (χ0) is 12.0. The molecule has 0 saturated heterocycles. The molecule has 0 fully saturated rings. The van der Waals surface area contributed by atoms with Crippen molar-refractivity contribution < 1.29 is 9.53 Å². The number of esters is 1. The lowest BCUT2D eigenvalue weighted by molar-refractivity contribution is -0.137. The lowest BCUT2D eigenvalue weighted by Crippen LogP contribution is -2.06. The highest BCUT2D eigenvalue weighted by atomic mass is 16.5. The Kier molecular flexibility index (Phi) is 4.32. The molecule has 0 saturated carbocycles. The van der Waals surface area contributed by atoms with E-state index in [1.807, 2.05) is 0 Å². The first kappa shape index (κ1) is 12.0. The number of nitrogens with zero attached hydrogens (tertiary/aromatic N) is 1. The number of hydrogen-bond acceptors (Lipinski definition) is 5. The van der Waals surface area contributed by atoms with Crippen LogP contribution in [0.25, 0.3) is 0 Å². The maximum Gasteiger partial charge on any atom is 0.332 e. The first-order chi connectivity index (χ1) is 7.63. The molecule has 1 rings (SSSR count). The van der Waals surface area contributed by atoms with E-state index in [4.69, 9.17) is 10.5 Å². The number of nitrogens with one attached hydrogen (secondary N) is 1. The van der Waals surface area contributed by atoms with E-state index in [1.54, 1.807) is 32.2 Å². The van der Waals surface area contributed by atoms with Gasteiger partial charge in [-0.2, -0.15) is 0 Å². The molecule has 0 aliphatic heterocycles. The number of allylic oxidation sites excluding steroid dienone is 1. The zero-order valence-electron chi connectivity index (χ0n) is 9.36. The first-order valence-corrected chi connectivity index (χ1v) is 4.96. The van der Waals surface area contributed by atoms with Crippen molar-refractivity contribution in [2.75, 3.05) is 17.7 Å². The van der Waals surface area contributed by atoms with E-state index in [-0.39, 0.29) is 5.97 Å². The molecular formula is C11H15N3O2. The minimum Gasteiger partial charge on any atom is -0.463 e. The van der Waals surface area contributed by atoms with Crippen molar-refractivity contribution >= 4 is 17.5 Å². The van der Waals surface area contributed by atoms with Crippen molar-refractivity contribution in [2.45, 2.75) is 13.8 Å². The summed E-state index contributed by atoms with van der Waals surface area (Å²) < 4.78 is 4.78. The molecule has 5 heteroatoms. The van der Waals surface area contributed by atoms with Crippen molar-refractivity contribution in [2.24, 2.45) is 0 Å². The van der Waals surface area contributed by atoms with E-state index < -0.39 is 0 Å². The molecule has 0 radical (unpaired) electrons. The Balaban J connectivity index is 2.67. The maximum absolute atomic E-state index is 11.1. The number of hydrogen-bond donors (Lipinski definition) is 2. The van der Waals surface area contributed by atoms with Gasteiger partial charge in [0.15, 0.2) is 0 Å². The molecule has 0 aliphatic carbocycles. The molecule has 0 unspecified atom stereocenters. The number of carbonyl (C=O) groups excluding carboxylic acids is 1. The summed E-state index contributed by atoms with van der Waals surface area (Å²) >= 11 is 0. The summed E-state index contributed by atoms with van der Waals surface area (Å²) in [5.74, 6) is 0.00840. The number of pyridine rings is 1. The van der Waals surface area contributed by atoms with Crippen LogP contribution in [0.4, 0.5) is 11.5 Å². The summed E-state index contributed by atoms with van der Waals surface area (Å²) in [6.07, 6.45) is 2.97. The number of carbonyl (C=O) groups is 1. The van der Waals surface area contributed by atoms with Crippen LogP contribution < -0.4 is 11.1 Å². The molecule has 0 amide bonds. The molecule has 1 heterocycles. The van der Waals surface area contributed by atoms with Crippen molar-refractivity contribution in [3.8, 4) is 0 Å². The molecule has 86 valence electrons. The van der Waals surface area contributed by atoms with Crippen molar-refractivity contribution in [3.05, 3.63) is 30.1 Å². The average Bonchev–Trinajstić information content (AvgIpc) is 2.21. The van der Waals surface area contributed by atoms with Gasteiger partial charge < -0.3 is 15.8 Å². The van der Waals surface area contributed by atoms with Crippen LogP contribution in [0.2, 0.25) is 0 Å². The Hall–Kier alpha value is -2.04. The number of nitrogen functional groups attached to an aromatic ring is 1. The third kappa shape index (κ3) is 3.61. The normalized spacial score (nSPS) is 11.0. The summed E-state index contributed by atoms with van der Waals surface area (Å²) in [5, 5.41) is 2.97. The van der Waals surface area contributed by atoms with E-state index in [0.29, 0.717) is 23.8 Å². The molecule has 0 bridgehead atoms. The molecule has 0 aliphatic rings. The summed E-state index contributed by atoms with van der Waals surface area (Å²) in [4.78, 5) is 15.1. The van der Waals surface area contributed by atoms with Crippen LogP contribution in [0.1, 0.15) is 13.8 Å². The van der Waals surface area contributed by atoms with E-state index in [1.165, 1.54) is 6.08 Å². The zero-order valence-corrected chi connectivity index (χ0v) is 9.36. The van der Waals surface area contributed by atoms with Crippen molar-refractivity contribution in [1.29, 1.82) is 0 Å². The number of aromatic nitrogens is 1. The van der Waals surface area contributed by atoms with Gasteiger partial charge in [-0.1, -0.05) is 0 Å². The minimum absolute atomic E-state index is 0.359. The smallest absolute Gasteiger partial charge is 0.332 e. The van der Waals surface area contributed by atoms with Gasteiger partial charge in [-0.05, 0) is 26.0 Å². The monoisotopic (exact) mass is 221 g/mol.